The van der Waals surface area contributed by atoms with Crippen molar-refractivity contribution in [2.24, 2.45) is 10.0 Å². The van der Waals surface area contributed by atoms with Crippen LogP contribution in [0.4, 0.5) is 0 Å². The molecule has 0 aliphatic carbocycles. The predicted octanol–water partition coefficient (Wildman–Crippen LogP) is 2.96. The molecule has 0 amide bonds. The standard InChI is InChI=1S/C16H41N7P2/c1-19(2)25(20(3)4,21(5)6)18-24(17,22-13-9-7-10-14-22)23-15-11-8-12-16-23/h24H,7-17H2,1-6H3. The zero-order valence-electron chi connectivity index (χ0n) is 17.3. The van der Waals surface area contributed by atoms with Crippen LogP contribution in [0, 0.1) is 0 Å². The van der Waals surface area contributed by atoms with Crippen molar-refractivity contribution in [2.75, 3.05) is 68.5 Å². The van der Waals surface area contributed by atoms with Gasteiger partial charge in [-0.1, -0.05) is 0 Å². The van der Waals surface area contributed by atoms with Crippen LogP contribution >= 0.6 is 15.4 Å². The summed E-state index contributed by atoms with van der Waals surface area (Å²) in [4.78, 5) is 0. The molecule has 2 N–H and O–H groups in total. The Balaban J connectivity index is 2.55. The summed E-state index contributed by atoms with van der Waals surface area (Å²) in [6, 6.07) is 0. The summed E-state index contributed by atoms with van der Waals surface area (Å²) >= 11 is 0. The first-order valence-electron chi connectivity index (χ1n) is 9.71. The molecule has 2 aliphatic heterocycles. The second-order valence-corrected chi connectivity index (χ2v) is 14.9. The molecule has 150 valence electrons. The quantitative estimate of drug-likeness (QED) is 0.701. The van der Waals surface area contributed by atoms with Crippen molar-refractivity contribution in [3.8, 4) is 0 Å². The van der Waals surface area contributed by atoms with Gasteiger partial charge in [-0.3, -0.25) is 0 Å². The molecule has 0 radical (unpaired) electrons. The SMILES string of the molecule is CN(C)P(=N[PH](N)(N1CCCCC1)N1CCCCC1)(N(C)C)N(C)C. The van der Waals surface area contributed by atoms with Gasteiger partial charge in [-0.2, -0.15) is 0 Å². The fourth-order valence-corrected chi connectivity index (χ4v) is 13.5. The average Bonchev–Trinajstić information content (AvgIpc) is 2.60. The molecule has 0 aromatic heterocycles. The number of nitrogens with two attached hydrogens (primary N) is 1. The second kappa shape index (κ2) is 9.07. The van der Waals surface area contributed by atoms with E-state index >= 15 is 0 Å². The number of nitrogens with zero attached hydrogens (tertiary/aromatic N) is 6. The Morgan fingerprint density at radius 3 is 1.28 bits per heavy atom. The Labute approximate surface area is 156 Å². The molecule has 2 saturated heterocycles. The fraction of sp³-hybridized carbons (Fsp3) is 1.00. The summed E-state index contributed by atoms with van der Waals surface area (Å²) in [5.41, 5.74) is 7.32. The van der Waals surface area contributed by atoms with Gasteiger partial charge in [0.25, 0.3) is 0 Å². The molecule has 7 nitrogen and oxygen atoms in total. The summed E-state index contributed by atoms with van der Waals surface area (Å²) in [6.07, 6.45) is 7.69. The van der Waals surface area contributed by atoms with Crippen molar-refractivity contribution in [2.45, 2.75) is 38.5 Å². The molecule has 9 heteroatoms. The van der Waals surface area contributed by atoms with Crippen LogP contribution in [0.15, 0.2) is 4.52 Å². The van der Waals surface area contributed by atoms with E-state index in [1.807, 2.05) is 0 Å². The minimum absolute atomic E-state index is 1.11. The third kappa shape index (κ3) is 4.47. The van der Waals surface area contributed by atoms with E-state index in [1.165, 1.54) is 38.5 Å². The van der Waals surface area contributed by atoms with Crippen LogP contribution < -0.4 is 5.50 Å². The van der Waals surface area contributed by atoms with E-state index in [0.717, 1.165) is 26.2 Å². The van der Waals surface area contributed by atoms with Crippen LogP contribution in [0.1, 0.15) is 38.5 Å². The topological polar surface area (TPSA) is 54.6 Å². The van der Waals surface area contributed by atoms with Gasteiger partial charge in [0.1, 0.15) is 0 Å². The number of hydrogen-bond donors (Lipinski definition) is 1. The molecule has 2 heterocycles. The fourth-order valence-electron chi connectivity index (χ4n) is 4.31. The van der Waals surface area contributed by atoms with Gasteiger partial charge in [0.05, 0.1) is 0 Å². The zero-order valence-corrected chi connectivity index (χ0v) is 19.2. The van der Waals surface area contributed by atoms with Gasteiger partial charge >= 0.3 is 156 Å². The van der Waals surface area contributed by atoms with E-state index in [-0.39, 0.29) is 0 Å². The number of piperidine rings is 2. The first-order valence-corrected chi connectivity index (χ1v) is 13.2. The summed E-state index contributed by atoms with van der Waals surface area (Å²) in [5, 5.41) is 0. The van der Waals surface area contributed by atoms with E-state index < -0.39 is 15.4 Å². The average molecular weight is 394 g/mol. The Kier molecular flexibility index (Phi) is 7.88. The zero-order chi connectivity index (χ0) is 18.7. The minimum atomic E-state index is -2.56. The van der Waals surface area contributed by atoms with Crippen LogP contribution in [0.5, 0.6) is 0 Å². The summed E-state index contributed by atoms with van der Waals surface area (Å²) < 4.78 is 17.7. The van der Waals surface area contributed by atoms with E-state index in [4.69, 9.17) is 10.0 Å². The van der Waals surface area contributed by atoms with Gasteiger partial charge in [0.2, 0.25) is 0 Å². The number of rotatable bonds is 6. The molecule has 0 atom stereocenters. The normalized spacial score (nSPS) is 22.8. The van der Waals surface area contributed by atoms with Crippen molar-refractivity contribution in [3.05, 3.63) is 0 Å². The molecule has 2 fully saturated rings. The summed E-state index contributed by atoms with van der Waals surface area (Å²) in [5.74, 6) is 0. The Bertz CT molecular complexity index is 423. The number of hydrogen-bond acceptors (Lipinski definition) is 4. The molecule has 2 aliphatic rings. The van der Waals surface area contributed by atoms with Crippen LogP contribution in [-0.2, 0) is 0 Å². The predicted molar refractivity (Wildman–Crippen MR) is 114 cm³/mol. The summed E-state index contributed by atoms with van der Waals surface area (Å²) in [7, 11) is 8.36. The van der Waals surface area contributed by atoms with E-state index in [1.54, 1.807) is 0 Å². The molecule has 25 heavy (non-hydrogen) atoms. The summed E-state index contributed by atoms with van der Waals surface area (Å²) in [6.45, 7) is 4.43. The Morgan fingerprint density at radius 2 is 1.00 bits per heavy atom. The molecule has 0 unspecified atom stereocenters. The van der Waals surface area contributed by atoms with Crippen molar-refractivity contribution in [3.63, 3.8) is 0 Å². The van der Waals surface area contributed by atoms with Crippen molar-refractivity contribution < 1.29 is 0 Å². The van der Waals surface area contributed by atoms with Gasteiger partial charge in [-0.25, -0.2) is 0 Å². The van der Waals surface area contributed by atoms with E-state index in [2.05, 4.69) is 65.6 Å². The van der Waals surface area contributed by atoms with Crippen LogP contribution in [0.2, 0.25) is 0 Å². The first-order chi connectivity index (χ1) is 11.7. The third-order valence-corrected chi connectivity index (χ3v) is 13.8. The van der Waals surface area contributed by atoms with Gasteiger partial charge in [0, 0.05) is 0 Å². The molecular weight excluding hydrogens is 352 g/mol. The maximum atomic E-state index is 7.32. The molecule has 0 aromatic rings. The molecular formula is C16H41N7P2. The van der Waals surface area contributed by atoms with Gasteiger partial charge in [0.15, 0.2) is 0 Å². The van der Waals surface area contributed by atoms with Crippen LogP contribution in [0.3, 0.4) is 0 Å². The van der Waals surface area contributed by atoms with Crippen LogP contribution in [-0.4, -0.2) is 91.8 Å². The second-order valence-electron chi connectivity index (χ2n) is 7.96. The Morgan fingerprint density at radius 1 is 0.680 bits per heavy atom. The van der Waals surface area contributed by atoms with Crippen molar-refractivity contribution in [1.29, 1.82) is 0 Å². The van der Waals surface area contributed by atoms with E-state index in [0.29, 0.717) is 0 Å². The van der Waals surface area contributed by atoms with Crippen molar-refractivity contribution in [1.82, 2.24) is 23.4 Å². The van der Waals surface area contributed by atoms with Gasteiger partial charge in [-0.05, 0) is 0 Å². The maximum absolute atomic E-state index is 7.32. The van der Waals surface area contributed by atoms with Gasteiger partial charge < -0.3 is 0 Å². The van der Waals surface area contributed by atoms with E-state index in [9.17, 15) is 0 Å². The molecule has 0 spiro atoms. The first kappa shape index (κ1) is 21.7. The third-order valence-electron chi connectivity index (χ3n) is 5.53. The monoisotopic (exact) mass is 393 g/mol. The van der Waals surface area contributed by atoms with Crippen LogP contribution in [0.25, 0.3) is 0 Å². The Hall–Kier alpha value is 0.420. The molecule has 0 aromatic carbocycles. The van der Waals surface area contributed by atoms with Gasteiger partial charge in [-0.15, -0.1) is 0 Å². The van der Waals surface area contributed by atoms with Crippen molar-refractivity contribution >= 4 is 15.4 Å². The molecule has 0 bridgehead atoms. The molecule has 0 saturated carbocycles. The molecule has 2 rings (SSSR count).